The average molecular weight is 761 g/mol. The van der Waals surface area contributed by atoms with E-state index < -0.39 is 14.5 Å². The second-order valence-electron chi connectivity index (χ2n) is 15.8. The van der Waals surface area contributed by atoms with Crippen LogP contribution in [0.4, 0.5) is 0 Å². The second-order valence-corrected chi connectivity index (χ2v) is 24.0. The fraction of sp³-hybridized carbons (Fsp3) is 0.684. The summed E-state index contributed by atoms with van der Waals surface area (Å²) in [6, 6.07) is 18.1. The van der Waals surface area contributed by atoms with Gasteiger partial charge in [0, 0.05) is 14.5 Å². The molecule has 0 heterocycles. The Bertz CT molecular complexity index is 863. The van der Waals surface area contributed by atoms with E-state index in [0.717, 1.165) is 47.0 Å². The highest BCUT2D eigenvalue weighted by Gasteiger charge is 2.40. The van der Waals surface area contributed by atoms with E-state index in [2.05, 4.69) is 132 Å². The summed E-state index contributed by atoms with van der Waals surface area (Å²) in [5, 5.41) is 0. The predicted molar refractivity (Wildman–Crippen MR) is 192 cm³/mol. The molecule has 0 atom stereocenters. The molecule has 5 heteroatoms. The van der Waals surface area contributed by atoms with Crippen LogP contribution in [-0.4, -0.2) is 37.0 Å². The molecule has 1 nitrogen and oxygen atoms in total. The van der Waals surface area contributed by atoms with E-state index >= 15 is 0 Å². The monoisotopic (exact) mass is 758 g/mol. The van der Waals surface area contributed by atoms with E-state index in [1.165, 1.54) is 60.4 Å². The maximum Gasteiger partial charge on any atom is 0.127 e. The molecule has 2 aromatic rings. The molecule has 0 unspecified atom stereocenters. The number of halogens is 2. The lowest BCUT2D eigenvalue weighted by atomic mass is 10.2. The number of rotatable bonds is 18. The fourth-order valence-corrected chi connectivity index (χ4v) is 20.7. The second kappa shape index (κ2) is 20.3. The minimum absolute atomic E-state index is 0. The largest absolute Gasteiger partial charge is 1.00 e. The van der Waals surface area contributed by atoms with Crippen LogP contribution in [0.25, 0.3) is 0 Å². The van der Waals surface area contributed by atoms with E-state index in [9.17, 15) is 0 Å². The first-order valence-electron chi connectivity index (χ1n) is 16.7. The molecule has 0 aliphatic carbocycles. The molecule has 0 fully saturated rings. The van der Waals surface area contributed by atoms with Crippen LogP contribution < -0.4 is 38.7 Å². The summed E-state index contributed by atoms with van der Waals surface area (Å²) in [7, 11) is -2.11. The quantitative estimate of drug-likeness (QED) is 0.159. The summed E-state index contributed by atoms with van der Waals surface area (Å²) in [5.41, 5.74) is 2.98. The first kappa shape index (κ1) is 43.1. The van der Waals surface area contributed by atoms with Gasteiger partial charge in [0.2, 0.25) is 0 Å². The molecule has 0 bridgehead atoms. The van der Waals surface area contributed by atoms with Gasteiger partial charge in [-0.2, -0.15) is 0 Å². The number of hydrogen-bond acceptors (Lipinski definition) is 1. The molecule has 0 saturated heterocycles. The zero-order valence-corrected chi connectivity index (χ0v) is 34.8. The first-order valence-corrected chi connectivity index (χ1v) is 21.7. The molecule has 2 rings (SSSR count). The van der Waals surface area contributed by atoms with Crippen molar-refractivity contribution in [1.29, 1.82) is 0 Å². The maximum absolute atomic E-state index is 6.35. The molecule has 0 N–H and O–H groups in total. The molecular weight excluding hydrogens is 694 g/mol. The normalized spacial score (nSPS) is 12.4. The number of hydrogen-bond donors (Lipinski definition) is 0. The van der Waals surface area contributed by atoms with Crippen LogP contribution in [0, 0.1) is 35.5 Å². The highest BCUT2D eigenvalue weighted by atomic mass is 79.9. The minimum atomic E-state index is -1.06. The summed E-state index contributed by atoms with van der Waals surface area (Å²) < 4.78 is 6.35. The Kier molecular flexibility index (Phi) is 20.4. The topological polar surface area (TPSA) is 9.23 Å². The molecule has 0 aromatic heterocycles. The van der Waals surface area contributed by atoms with Crippen molar-refractivity contribution in [2.24, 2.45) is 35.5 Å². The van der Waals surface area contributed by atoms with Crippen molar-refractivity contribution in [3.05, 3.63) is 59.7 Å². The standard InChI is InChI=1S/C38H66OP2.2BrH/c1-29(2)21-40(22-30(3)4,23-31(5)6)27-35-13-17-37(18-14-35)39-38-19-15-36(16-20-38)28-41(24-32(7)8,25-33(9)10)26-34(11)12;;/h13-20,29-34H,21-28H2,1-12H3;2*1H/q+2;;/p-2. The van der Waals surface area contributed by atoms with Gasteiger partial charge in [0.1, 0.15) is 11.5 Å². The third-order valence-electron chi connectivity index (χ3n) is 7.63. The summed E-state index contributed by atoms with van der Waals surface area (Å²) in [6.07, 6.45) is 11.0. The highest BCUT2D eigenvalue weighted by Crippen LogP contribution is 2.65. The third-order valence-corrected chi connectivity index (χ3v) is 18.7. The van der Waals surface area contributed by atoms with Gasteiger partial charge in [-0.25, -0.2) is 0 Å². The van der Waals surface area contributed by atoms with Crippen molar-refractivity contribution in [3.8, 4) is 11.5 Å². The van der Waals surface area contributed by atoms with Crippen LogP contribution in [0.1, 0.15) is 94.2 Å². The Morgan fingerprint density at radius 1 is 0.395 bits per heavy atom. The van der Waals surface area contributed by atoms with Crippen molar-refractivity contribution in [2.45, 2.75) is 95.4 Å². The zero-order valence-electron chi connectivity index (χ0n) is 29.8. The summed E-state index contributed by atoms with van der Waals surface area (Å²) in [6.45, 7) is 29.0. The van der Waals surface area contributed by atoms with Gasteiger partial charge < -0.3 is 38.7 Å². The lowest BCUT2D eigenvalue weighted by Gasteiger charge is -2.32. The van der Waals surface area contributed by atoms with Gasteiger partial charge in [0.15, 0.2) is 0 Å². The summed E-state index contributed by atoms with van der Waals surface area (Å²) >= 11 is 0. The van der Waals surface area contributed by atoms with E-state index in [-0.39, 0.29) is 34.0 Å². The van der Waals surface area contributed by atoms with Crippen LogP contribution in [0.5, 0.6) is 11.5 Å². The van der Waals surface area contributed by atoms with Crippen LogP contribution in [-0.2, 0) is 12.3 Å². The SMILES string of the molecule is CC(C)C[P+](Cc1ccc(Oc2ccc(C[P+](CC(C)C)(CC(C)C)CC(C)C)cc2)cc1)(CC(C)C)CC(C)C.[Br-].[Br-]. The van der Waals surface area contributed by atoms with Gasteiger partial charge in [-0.15, -0.1) is 0 Å². The van der Waals surface area contributed by atoms with Crippen LogP contribution in [0.3, 0.4) is 0 Å². The zero-order chi connectivity index (χ0) is 30.8. The molecule has 43 heavy (non-hydrogen) atoms. The molecule has 248 valence electrons. The molecule has 2 aromatic carbocycles. The van der Waals surface area contributed by atoms with Crippen molar-refractivity contribution in [2.75, 3.05) is 37.0 Å². The average Bonchev–Trinajstić information content (AvgIpc) is 2.78. The van der Waals surface area contributed by atoms with E-state index in [1.54, 1.807) is 0 Å². The Morgan fingerprint density at radius 2 is 0.605 bits per heavy atom. The molecular formula is C38H66Br2OP2. The Labute approximate surface area is 290 Å². The van der Waals surface area contributed by atoms with Gasteiger partial charge in [0.05, 0.1) is 49.3 Å². The van der Waals surface area contributed by atoms with Gasteiger partial charge in [-0.1, -0.05) is 107 Å². The van der Waals surface area contributed by atoms with Crippen molar-refractivity contribution >= 4 is 14.5 Å². The molecule has 0 radical (unpaired) electrons. The van der Waals surface area contributed by atoms with Gasteiger partial charge in [-0.05, 0) is 70.9 Å². The molecule has 0 saturated carbocycles. The summed E-state index contributed by atoms with van der Waals surface area (Å²) in [4.78, 5) is 0. The number of ether oxygens (including phenoxy) is 1. The fourth-order valence-electron chi connectivity index (χ4n) is 7.72. The van der Waals surface area contributed by atoms with Crippen molar-refractivity contribution < 1.29 is 38.7 Å². The Hall–Kier alpha value is 0.0600. The van der Waals surface area contributed by atoms with Crippen LogP contribution in [0.2, 0.25) is 0 Å². The maximum atomic E-state index is 6.35. The Morgan fingerprint density at radius 3 is 0.791 bits per heavy atom. The highest BCUT2D eigenvalue weighted by molar-refractivity contribution is 7.75. The van der Waals surface area contributed by atoms with Crippen LogP contribution in [0.15, 0.2) is 48.5 Å². The third kappa shape index (κ3) is 16.4. The van der Waals surface area contributed by atoms with Crippen LogP contribution >= 0.6 is 14.5 Å². The molecule has 0 amide bonds. The van der Waals surface area contributed by atoms with E-state index in [4.69, 9.17) is 4.74 Å². The van der Waals surface area contributed by atoms with Crippen molar-refractivity contribution in [1.82, 2.24) is 0 Å². The Balaban J connectivity index is 0.00000882. The minimum Gasteiger partial charge on any atom is -1.00 e. The van der Waals surface area contributed by atoms with E-state index in [0.29, 0.717) is 0 Å². The smallest absolute Gasteiger partial charge is 0.127 e. The summed E-state index contributed by atoms with van der Waals surface area (Å²) in [5.74, 6) is 6.48. The first-order chi connectivity index (χ1) is 19.1. The molecule has 0 aliphatic heterocycles. The number of benzene rings is 2. The van der Waals surface area contributed by atoms with Gasteiger partial charge in [-0.3, -0.25) is 0 Å². The lowest BCUT2D eigenvalue weighted by Crippen LogP contribution is -3.00. The molecule has 0 spiro atoms. The van der Waals surface area contributed by atoms with Gasteiger partial charge >= 0.3 is 0 Å². The van der Waals surface area contributed by atoms with Gasteiger partial charge in [0.25, 0.3) is 0 Å². The van der Waals surface area contributed by atoms with E-state index in [1.807, 2.05) is 0 Å². The van der Waals surface area contributed by atoms with Crippen molar-refractivity contribution in [3.63, 3.8) is 0 Å². The lowest BCUT2D eigenvalue weighted by molar-refractivity contribution is -0.00100. The predicted octanol–water partition coefficient (Wildman–Crippen LogP) is 6.46. The molecule has 0 aliphatic rings.